The fraction of sp³-hybridized carbons (Fsp3) is 0.562. The van der Waals surface area contributed by atoms with Gasteiger partial charge in [0, 0.05) is 17.0 Å². The molecule has 1 aromatic rings. The molecule has 2 rings (SSSR count). The maximum absolute atomic E-state index is 13.6. The van der Waals surface area contributed by atoms with Gasteiger partial charge in [-0.05, 0) is 37.8 Å². The van der Waals surface area contributed by atoms with Crippen LogP contribution in [0.3, 0.4) is 0 Å². The molecular formula is C16H21F2NOS. The van der Waals surface area contributed by atoms with E-state index in [-0.39, 0.29) is 11.9 Å². The van der Waals surface area contributed by atoms with Crippen LogP contribution < -0.4 is 5.32 Å². The van der Waals surface area contributed by atoms with Crippen molar-refractivity contribution in [2.24, 2.45) is 5.92 Å². The molecular weight excluding hydrogens is 292 g/mol. The van der Waals surface area contributed by atoms with E-state index in [0.29, 0.717) is 10.8 Å². The molecule has 3 atom stereocenters. The molecule has 1 saturated carbocycles. The van der Waals surface area contributed by atoms with Gasteiger partial charge in [0.15, 0.2) is 0 Å². The molecule has 0 aromatic heterocycles. The fourth-order valence-corrected chi connectivity index (χ4v) is 3.52. The van der Waals surface area contributed by atoms with Gasteiger partial charge in [-0.3, -0.25) is 4.79 Å². The molecule has 1 fully saturated rings. The Morgan fingerprint density at radius 2 is 2.05 bits per heavy atom. The Bertz CT molecular complexity index is 509. The summed E-state index contributed by atoms with van der Waals surface area (Å²) in [7, 11) is 0. The minimum absolute atomic E-state index is 0.0810. The fourth-order valence-electron chi connectivity index (χ4n) is 2.65. The van der Waals surface area contributed by atoms with Crippen LogP contribution in [0.2, 0.25) is 0 Å². The summed E-state index contributed by atoms with van der Waals surface area (Å²) >= 11 is 1.12. The number of hydrogen-bond acceptors (Lipinski definition) is 2. The van der Waals surface area contributed by atoms with E-state index in [0.717, 1.165) is 37.1 Å². The molecule has 1 amide bonds. The van der Waals surface area contributed by atoms with E-state index in [1.54, 1.807) is 6.92 Å². The molecule has 116 valence electrons. The third kappa shape index (κ3) is 4.43. The summed E-state index contributed by atoms with van der Waals surface area (Å²) in [4.78, 5) is 12.5. The van der Waals surface area contributed by atoms with E-state index in [4.69, 9.17) is 0 Å². The number of hydrogen-bond donors (Lipinski definition) is 1. The third-order valence-corrected chi connectivity index (χ3v) is 5.16. The predicted molar refractivity (Wildman–Crippen MR) is 81.2 cm³/mol. The average Bonchev–Trinajstić information content (AvgIpc) is 2.44. The first kappa shape index (κ1) is 16.3. The summed E-state index contributed by atoms with van der Waals surface area (Å²) in [6, 6.07) is 3.64. The van der Waals surface area contributed by atoms with Crippen LogP contribution in [-0.4, -0.2) is 17.2 Å². The van der Waals surface area contributed by atoms with Gasteiger partial charge in [-0.1, -0.05) is 19.8 Å². The smallest absolute Gasteiger partial charge is 0.233 e. The van der Waals surface area contributed by atoms with Gasteiger partial charge in [-0.25, -0.2) is 8.78 Å². The van der Waals surface area contributed by atoms with Crippen molar-refractivity contribution >= 4 is 17.7 Å². The molecule has 0 unspecified atom stereocenters. The lowest BCUT2D eigenvalue weighted by molar-refractivity contribution is -0.121. The lowest BCUT2D eigenvalue weighted by Gasteiger charge is -2.30. The number of rotatable bonds is 4. The molecule has 0 radical (unpaired) electrons. The number of amides is 1. The number of nitrogens with one attached hydrogen (secondary N) is 1. The van der Waals surface area contributed by atoms with Crippen LogP contribution in [0.5, 0.6) is 0 Å². The first-order chi connectivity index (χ1) is 9.97. The Labute approximate surface area is 128 Å². The number of carbonyl (C=O) groups excluding carboxylic acids is 1. The number of thioether (sulfide) groups is 1. The lowest BCUT2D eigenvalue weighted by Crippen LogP contribution is -2.44. The van der Waals surface area contributed by atoms with Crippen molar-refractivity contribution in [1.29, 1.82) is 0 Å². The largest absolute Gasteiger partial charge is 0.352 e. The van der Waals surface area contributed by atoms with Crippen LogP contribution in [0, 0.1) is 17.6 Å². The van der Waals surface area contributed by atoms with Gasteiger partial charge in [0.25, 0.3) is 0 Å². The average molecular weight is 313 g/mol. The molecule has 1 aromatic carbocycles. The van der Waals surface area contributed by atoms with Gasteiger partial charge in [0.05, 0.1) is 5.25 Å². The summed E-state index contributed by atoms with van der Waals surface area (Å²) in [6.45, 7) is 3.90. The van der Waals surface area contributed by atoms with Crippen LogP contribution >= 0.6 is 11.8 Å². The summed E-state index contributed by atoms with van der Waals surface area (Å²) in [5, 5.41) is 2.66. The molecule has 5 heteroatoms. The second kappa shape index (κ2) is 7.25. The van der Waals surface area contributed by atoms with E-state index in [9.17, 15) is 13.6 Å². The van der Waals surface area contributed by atoms with Crippen LogP contribution in [0.25, 0.3) is 0 Å². The highest BCUT2D eigenvalue weighted by atomic mass is 32.2. The molecule has 0 heterocycles. The van der Waals surface area contributed by atoms with E-state index >= 15 is 0 Å². The maximum Gasteiger partial charge on any atom is 0.233 e. The summed E-state index contributed by atoms with van der Waals surface area (Å²) in [5.41, 5.74) is 0. The molecule has 0 spiro atoms. The Morgan fingerprint density at radius 3 is 2.71 bits per heavy atom. The predicted octanol–water partition coefficient (Wildman–Crippen LogP) is 4.14. The summed E-state index contributed by atoms with van der Waals surface area (Å²) in [6.07, 6.45) is 4.51. The monoisotopic (exact) mass is 313 g/mol. The maximum atomic E-state index is 13.6. The zero-order valence-electron chi connectivity index (χ0n) is 12.4. The van der Waals surface area contributed by atoms with Crippen LogP contribution in [-0.2, 0) is 4.79 Å². The number of halogens is 2. The molecule has 0 bridgehead atoms. The Balaban J connectivity index is 1.92. The zero-order chi connectivity index (χ0) is 15.4. The lowest BCUT2D eigenvalue weighted by atomic mass is 9.86. The molecule has 1 N–H and O–H groups in total. The minimum Gasteiger partial charge on any atom is -0.352 e. The second-order valence-electron chi connectivity index (χ2n) is 5.71. The zero-order valence-corrected chi connectivity index (χ0v) is 13.2. The summed E-state index contributed by atoms with van der Waals surface area (Å²) in [5.74, 6) is -0.819. The van der Waals surface area contributed by atoms with Crippen LogP contribution in [0.4, 0.5) is 8.78 Å². The molecule has 21 heavy (non-hydrogen) atoms. The van der Waals surface area contributed by atoms with Gasteiger partial charge in [-0.15, -0.1) is 11.8 Å². The quantitative estimate of drug-likeness (QED) is 0.846. The molecule has 1 aliphatic carbocycles. The highest BCUT2D eigenvalue weighted by molar-refractivity contribution is 8.00. The Morgan fingerprint density at radius 1 is 1.33 bits per heavy atom. The van der Waals surface area contributed by atoms with Gasteiger partial charge in [-0.2, -0.15) is 0 Å². The van der Waals surface area contributed by atoms with E-state index < -0.39 is 16.9 Å². The van der Waals surface area contributed by atoms with Crippen molar-refractivity contribution in [2.45, 2.75) is 55.7 Å². The van der Waals surface area contributed by atoms with Crippen molar-refractivity contribution < 1.29 is 13.6 Å². The minimum atomic E-state index is -0.620. The van der Waals surface area contributed by atoms with Gasteiger partial charge in [0.1, 0.15) is 11.6 Å². The van der Waals surface area contributed by atoms with Crippen molar-refractivity contribution in [3.8, 4) is 0 Å². The molecule has 2 nitrogen and oxygen atoms in total. The van der Waals surface area contributed by atoms with Crippen molar-refractivity contribution in [3.05, 3.63) is 29.8 Å². The van der Waals surface area contributed by atoms with Gasteiger partial charge < -0.3 is 5.32 Å². The standard InChI is InChI=1S/C16H21F2NOS/c1-10-5-3-4-6-14(10)19-16(20)11(2)21-15-8-7-12(17)9-13(15)18/h7-11,14H,3-6H2,1-2H3,(H,19,20)/t10-,11-,14+/m1/s1. The highest BCUT2D eigenvalue weighted by Crippen LogP contribution is 2.28. The SMILES string of the molecule is C[C@@H]1CCCC[C@@H]1NC(=O)[C@@H](C)Sc1ccc(F)cc1F. The van der Waals surface area contributed by atoms with E-state index in [1.165, 1.54) is 18.6 Å². The van der Waals surface area contributed by atoms with Crippen LogP contribution in [0.15, 0.2) is 23.1 Å². The number of carbonyl (C=O) groups is 1. The third-order valence-electron chi connectivity index (χ3n) is 4.01. The first-order valence-corrected chi connectivity index (χ1v) is 8.27. The van der Waals surface area contributed by atoms with Crippen molar-refractivity contribution in [3.63, 3.8) is 0 Å². The van der Waals surface area contributed by atoms with Crippen molar-refractivity contribution in [2.75, 3.05) is 0 Å². The second-order valence-corrected chi connectivity index (χ2v) is 7.09. The topological polar surface area (TPSA) is 29.1 Å². The molecule has 1 aliphatic rings. The van der Waals surface area contributed by atoms with E-state index in [2.05, 4.69) is 12.2 Å². The normalized spacial score (nSPS) is 23.6. The van der Waals surface area contributed by atoms with Gasteiger partial charge >= 0.3 is 0 Å². The van der Waals surface area contributed by atoms with E-state index in [1.807, 2.05) is 0 Å². The Kier molecular flexibility index (Phi) is 5.62. The van der Waals surface area contributed by atoms with Crippen LogP contribution in [0.1, 0.15) is 39.5 Å². The highest BCUT2D eigenvalue weighted by Gasteiger charge is 2.25. The summed E-state index contributed by atoms with van der Waals surface area (Å²) < 4.78 is 26.5. The van der Waals surface area contributed by atoms with Gasteiger partial charge in [0.2, 0.25) is 5.91 Å². The Hall–Kier alpha value is -1.10. The van der Waals surface area contributed by atoms with Crippen molar-refractivity contribution in [1.82, 2.24) is 5.32 Å². The molecule has 0 aliphatic heterocycles. The number of benzene rings is 1. The first-order valence-electron chi connectivity index (χ1n) is 7.39. The molecule has 0 saturated heterocycles.